The van der Waals surface area contributed by atoms with Gasteiger partial charge < -0.3 is 19.3 Å². The van der Waals surface area contributed by atoms with Crippen LogP contribution in [0, 0.1) is 0 Å². The van der Waals surface area contributed by atoms with Crippen LogP contribution < -0.4 is 10.1 Å². The molecule has 3 rings (SSSR count). The minimum Gasteiger partial charge on any atom is -0.497 e. The highest BCUT2D eigenvalue weighted by atomic mass is 16.5. The number of methoxy groups -OCH3 is 2. The molecule has 0 aliphatic rings. The Balaban J connectivity index is 1.74. The molecular weight excluding hydrogens is 322 g/mol. The molecule has 3 aromatic rings. The second kappa shape index (κ2) is 7.59. The molecule has 2 aromatic carbocycles. The first-order valence-electron chi connectivity index (χ1n) is 7.57. The molecule has 0 atom stereocenters. The Hall–Kier alpha value is -3.19. The van der Waals surface area contributed by atoms with Crippen LogP contribution >= 0.6 is 0 Å². The highest BCUT2D eigenvalue weighted by Gasteiger charge is 2.11. The molecule has 1 N–H and O–H groups in total. The lowest BCUT2D eigenvalue weighted by molar-refractivity contribution is -0.119. The second-order valence-corrected chi connectivity index (χ2v) is 5.21. The number of carbonyl (C=O) groups is 1. The highest BCUT2D eigenvalue weighted by molar-refractivity contribution is 5.91. The van der Waals surface area contributed by atoms with Gasteiger partial charge in [-0.05, 0) is 48.5 Å². The van der Waals surface area contributed by atoms with Crippen molar-refractivity contribution in [3.05, 3.63) is 48.5 Å². The van der Waals surface area contributed by atoms with Gasteiger partial charge in [-0.3, -0.25) is 4.79 Å². The van der Waals surface area contributed by atoms with Crippen molar-refractivity contribution in [2.24, 2.45) is 0 Å². The fourth-order valence-corrected chi connectivity index (χ4v) is 2.22. The van der Waals surface area contributed by atoms with E-state index in [1.165, 1.54) is 7.11 Å². The van der Waals surface area contributed by atoms with Crippen molar-refractivity contribution in [2.75, 3.05) is 26.1 Å². The van der Waals surface area contributed by atoms with Gasteiger partial charge in [0, 0.05) is 23.9 Å². The van der Waals surface area contributed by atoms with Crippen LogP contribution in [-0.4, -0.2) is 36.9 Å². The van der Waals surface area contributed by atoms with Gasteiger partial charge in [0.15, 0.2) is 0 Å². The summed E-state index contributed by atoms with van der Waals surface area (Å²) < 4.78 is 15.2. The van der Waals surface area contributed by atoms with Crippen molar-refractivity contribution in [3.8, 4) is 28.6 Å². The first-order chi connectivity index (χ1) is 12.2. The Kier molecular flexibility index (Phi) is 5.06. The van der Waals surface area contributed by atoms with E-state index in [0.29, 0.717) is 17.4 Å². The normalized spacial score (nSPS) is 10.5. The molecule has 1 heterocycles. The van der Waals surface area contributed by atoms with Gasteiger partial charge in [-0.1, -0.05) is 5.16 Å². The summed E-state index contributed by atoms with van der Waals surface area (Å²) in [7, 11) is 3.08. The zero-order valence-corrected chi connectivity index (χ0v) is 13.9. The Bertz CT molecular complexity index is 842. The van der Waals surface area contributed by atoms with Crippen molar-refractivity contribution in [1.82, 2.24) is 10.1 Å². The number of nitrogens with one attached hydrogen (secondary N) is 1. The number of hydrogen-bond donors (Lipinski definition) is 1. The molecule has 128 valence electrons. The van der Waals surface area contributed by atoms with Gasteiger partial charge in [0.1, 0.15) is 12.4 Å². The van der Waals surface area contributed by atoms with Gasteiger partial charge in [-0.2, -0.15) is 4.98 Å². The number of nitrogens with zero attached hydrogens (tertiary/aromatic N) is 2. The SMILES string of the molecule is COCC(=O)Nc1ccc(-c2nc(-c3ccc(OC)cc3)no2)cc1. The molecule has 25 heavy (non-hydrogen) atoms. The summed E-state index contributed by atoms with van der Waals surface area (Å²) >= 11 is 0. The molecule has 0 unspecified atom stereocenters. The molecular formula is C18H17N3O4. The average Bonchev–Trinajstić information content (AvgIpc) is 3.13. The van der Waals surface area contributed by atoms with E-state index in [2.05, 4.69) is 15.5 Å². The van der Waals surface area contributed by atoms with Crippen LogP contribution in [-0.2, 0) is 9.53 Å². The lowest BCUT2D eigenvalue weighted by atomic mass is 10.2. The maximum atomic E-state index is 11.5. The summed E-state index contributed by atoms with van der Waals surface area (Å²) in [5.41, 5.74) is 2.26. The molecule has 7 heteroatoms. The van der Waals surface area contributed by atoms with Gasteiger partial charge in [0.2, 0.25) is 11.7 Å². The van der Waals surface area contributed by atoms with E-state index >= 15 is 0 Å². The summed E-state index contributed by atoms with van der Waals surface area (Å²) in [6.45, 7) is 0.0105. The van der Waals surface area contributed by atoms with Gasteiger partial charge in [-0.25, -0.2) is 0 Å². The Morgan fingerprint density at radius 3 is 2.36 bits per heavy atom. The number of hydrogen-bond acceptors (Lipinski definition) is 6. The fourth-order valence-electron chi connectivity index (χ4n) is 2.22. The van der Waals surface area contributed by atoms with Crippen LogP contribution in [0.15, 0.2) is 53.1 Å². The Morgan fingerprint density at radius 2 is 1.72 bits per heavy atom. The number of benzene rings is 2. The summed E-state index contributed by atoms with van der Waals surface area (Å²) in [4.78, 5) is 15.9. The number of ether oxygens (including phenoxy) is 2. The van der Waals surface area contributed by atoms with E-state index in [1.807, 2.05) is 24.3 Å². The van der Waals surface area contributed by atoms with Crippen LogP contribution in [0.25, 0.3) is 22.8 Å². The molecule has 0 saturated heterocycles. The molecule has 0 fully saturated rings. The maximum absolute atomic E-state index is 11.5. The first kappa shape index (κ1) is 16.7. The van der Waals surface area contributed by atoms with Crippen LogP contribution in [0.2, 0.25) is 0 Å². The number of carbonyl (C=O) groups excluding carboxylic acids is 1. The quantitative estimate of drug-likeness (QED) is 0.743. The maximum Gasteiger partial charge on any atom is 0.258 e. The number of rotatable bonds is 6. The minimum atomic E-state index is -0.213. The predicted octanol–water partition coefficient (Wildman–Crippen LogP) is 3.00. The monoisotopic (exact) mass is 339 g/mol. The van der Waals surface area contributed by atoms with E-state index < -0.39 is 0 Å². The number of anilines is 1. The zero-order valence-electron chi connectivity index (χ0n) is 13.9. The van der Waals surface area contributed by atoms with Crippen molar-refractivity contribution in [1.29, 1.82) is 0 Å². The van der Waals surface area contributed by atoms with Crippen molar-refractivity contribution in [3.63, 3.8) is 0 Å². The van der Waals surface area contributed by atoms with Gasteiger partial charge in [0.25, 0.3) is 5.89 Å². The molecule has 0 spiro atoms. The van der Waals surface area contributed by atoms with Crippen molar-refractivity contribution >= 4 is 11.6 Å². The summed E-state index contributed by atoms with van der Waals surface area (Å²) in [5.74, 6) is 1.45. The highest BCUT2D eigenvalue weighted by Crippen LogP contribution is 2.24. The topological polar surface area (TPSA) is 86.5 Å². The van der Waals surface area contributed by atoms with Crippen LogP contribution in [0.5, 0.6) is 5.75 Å². The van der Waals surface area contributed by atoms with Crippen LogP contribution in [0.4, 0.5) is 5.69 Å². The lowest BCUT2D eigenvalue weighted by Crippen LogP contribution is -2.16. The van der Waals surface area contributed by atoms with E-state index in [1.54, 1.807) is 31.4 Å². The van der Waals surface area contributed by atoms with Crippen LogP contribution in [0.1, 0.15) is 0 Å². The number of amides is 1. The molecule has 0 aliphatic heterocycles. The van der Waals surface area contributed by atoms with Gasteiger partial charge in [-0.15, -0.1) is 0 Å². The van der Waals surface area contributed by atoms with Crippen LogP contribution in [0.3, 0.4) is 0 Å². The number of aromatic nitrogens is 2. The second-order valence-electron chi connectivity index (χ2n) is 5.21. The molecule has 0 aliphatic carbocycles. The third-order valence-electron chi connectivity index (χ3n) is 3.47. The largest absolute Gasteiger partial charge is 0.497 e. The Labute approximate surface area is 144 Å². The lowest BCUT2D eigenvalue weighted by Gasteiger charge is -2.04. The average molecular weight is 339 g/mol. The van der Waals surface area contributed by atoms with E-state index in [4.69, 9.17) is 14.0 Å². The molecule has 0 bridgehead atoms. The smallest absolute Gasteiger partial charge is 0.258 e. The molecule has 0 radical (unpaired) electrons. The molecule has 7 nitrogen and oxygen atoms in total. The first-order valence-corrected chi connectivity index (χ1v) is 7.57. The van der Waals surface area contributed by atoms with Gasteiger partial charge in [0.05, 0.1) is 7.11 Å². The fraction of sp³-hybridized carbons (Fsp3) is 0.167. The molecule has 1 amide bonds. The molecule has 1 aromatic heterocycles. The standard InChI is InChI=1S/C18H17N3O4/c1-23-11-16(22)19-14-7-3-13(4-8-14)18-20-17(21-25-18)12-5-9-15(24-2)10-6-12/h3-10H,11H2,1-2H3,(H,19,22). The van der Waals surface area contributed by atoms with E-state index in [9.17, 15) is 4.79 Å². The minimum absolute atomic E-state index is 0.0105. The van der Waals surface area contributed by atoms with E-state index in [0.717, 1.165) is 16.9 Å². The van der Waals surface area contributed by atoms with Crippen molar-refractivity contribution < 1.29 is 18.8 Å². The summed E-state index contributed by atoms with van der Waals surface area (Å²) in [6.07, 6.45) is 0. The van der Waals surface area contributed by atoms with Gasteiger partial charge >= 0.3 is 0 Å². The third kappa shape index (κ3) is 4.02. The summed E-state index contributed by atoms with van der Waals surface area (Å²) in [5, 5.41) is 6.72. The molecule has 0 saturated carbocycles. The predicted molar refractivity (Wildman–Crippen MR) is 92.2 cm³/mol. The van der Waals surface area contributed by atoms with Crippen molar-refractivity contribution in [2.45, 2.75) is 0 Å². The zero-order chi connectivity index (χ0) is 17.6. The third-order valence-corrected chi connectivity index (χ3v) is 3.47. The Morgan fingerprint density at radius 1 is 1.04 bits per heavy atom. The van der Waals surface area contributed by atoms with E-state index in [-0.39, 0.29) is 12.5 Å². The summed E-state index contributed by atoms with van der Waals surface area (Å²) in [6, 6.07) is 14.5.